The summed E-state index contributed by atoms with van der Waals surface area (Å²) < 4.78 is 4.65. The summed E-state index contributed by atoms with van der Waals surface area (Å²) in [5, 5.41) is 5.86. The van der Waals surface area contributed by atoms with Gasteiger partial charge in [-0.1, -0.05) is 0 Å². The van der Waals surface area contributed by atoms with Crippen LogP contribution in [-0.2, 0) is 14.3 Å². The fourth-order valence-corrected chi connectivity index (χ4v) is 2.20. The van der Waals surface area contributed by atoms with Crippen LogP contribution in [0.4, 0.5) is 0 Å². The van der Waals surface area contributed by atoms with Gasteiger partial charge < -0.3 is 15.4 Å². The highest BCUT2D eigenvalue weighted by Gasteiger charge is 2.27. The largest absolute Gasteiger partial charge is 0.467 e. The van der Waals surface area contributed by atoms with Crippen molar-refractivity contribution in [1.29, 1.82) is 0 Å². The fourth-order valence-electron chi connectivity index (χ4n) is 1.65. The van der Waals surface area contributed by atoms with Gasteiger partial charge in [0.1, 0.15) is 6.04 Å². The number of amides is 1. The summed E-state index contributed by atoms with van der Waals surface area (Å²) in [6, 6.07) is -0.534. The van der Waals surface area contributed by atoms with Gasteiger partial charge >= 0.3 is 5.97 Å². The Bertz CT molecular complexity index is 254. The number of thioether (sulfide) groups is 1. The zero-order valence-corrected chi connectivity index (χ0v) is 10.4. The summed E-state index contributed by atoms with van der Waals surface area (Å²) in [5.41, 5.74) is 0. The van der Waals surface area contributed by atoms with Crippen molar-refractivity contribution in [2.75, 3.05) is 32.2 Å². The van der Waals surface area contributed by atoms with Crippen LogP contribution in [0.25, 0.3) is 0 Å². The van der Waals surface area contributed by atoms with Crippen LogP contribution in [0.5, 0.6) is 0 Å². The van der Waals surface area contributed by atoms with Gasteiger partial charge in [-0.25, -0.2) is 4.79 Å². The first kappa shape index (κ1) is 13.3. The molecule has 0 aliphatic carbocycles. The third-order valence-corrected chi connectivity index (χ3v) is 3.23. The normalized spacial score (nSPS) is 21.5. The van der Waals surface area contributed by atoms with E-state index in [9.17, 15) is 9.59 Å². The molecule has 16 heavy (non-hydrogen) atoms. The molecule has 1 amide bonds. The van der Waals surface area contributed by atoms with Crippen molar-refractivity contribution in [1.82, 2.24) is 10.6 Å². The number of methoxy groups -OCH3 is 1. The topological polar surface area (TPSA) is 67.4 Å². The lowest BCUT2D eigenvalue weighted by atomic mass is 10.1. The Kier molecular flexibility index (Phi) is 5.62. The quantitative estimate of drug-likeness (QED) is 0.647. The van der Waals surface area contributed by atoms with E-state index in [4.69, 9.17) is 0 Å². The second-order valence-corrected chi connectivity index (χ2v) is 4.64. The zero-order valence-electron chi connectivity index (χ0n) is 9.62. The summed E-state index contributed by atoms with van der Waals surface area (Å²) in [6.45, 7) is 1.56. The molecule has 0 radical (unpaired) electrons. The Morgan fingerprint density at radius 2 is 2.38 bits per heavy atom. The van der Waals surface area contributed by atoms with E-state index in [1.165, 1.54) is 18.9 Å². The molecule has 1 aliphatic heterocycles. The molecular formula is C10H18N2O3S. The van der Waals surface area contributed by atoms with Crippen LogP contribution in [0, 0.1) is 5.92 Å². The SMILES string of the molecule is COC(=O)[C@H](CSC)NC(=O)[C@H]1CCNC1. The first-order chi connectivity index (χ1) is 7.69. The number of carbonyl (C=O) groups excluding carboxylic acids is 2. The van der Waals surface area contributed by atoms with Gasteiger partial charge in [0.05, 0.1) is 13.0 Å². The Morgan fingerprint density at radius 3 is 2.88 bits per heavy atom. The van der Waals surface area contributed by atoms with Crippen LogP contribution >= 0.6 is 11.8 Å². The van der Waals surface area contributed by atoms with E-state index < -0.39 is 6.04 Å². The summed E-state index contributed by atoms with van der Waals surface area (Å²) in [4.78, 5) is 23.2. The molecule has 0 aromatic carbocycles. The Balaban J connectivity index is 2.46. The maximum atomic E-state index is 11.8. The number of esters is 1. The van der Waals surface area contributed by atoms with Gasteiger partial charge in [-0.05, 0) is 19.2 Å². The maximum Gasteiger partial charge on any atom is 0.329 e. The third kappa shape index (κ3) is 3.68. The number of carbonyl (C=O) groups is 2. The molecule has 1 saturated heterocycles. The van der Waals surface area contributed by atoms with Crippen LogP contribution < -0.4 is 10.6 Å². The first-order valence-corrected chi connectivity index (χ1v) is 6.66. The molecule has 2 N–H and O–H groups in total. The minimum atomic E-state index is -0.534. The van der Waals surface area contributed by atoms with Crippen molar-refractivity contribution in [2.45, 2.75) is 12.5 Å². The van der Waals surface area contributed by atoms with Gasteiger partial charge in [-0.2, -0.15) is 11.8 Å². The molecule has 2 atom stereocenters. The summed E-state index contributed by atoms with van der Waals surface area (Å²) in [7, 11) is 1.33. The molecule has 1 rings (SSSR count). The van der Waals surface area contributed by atoms with E-state index >= 15 is 0 Å². The molecule has 0 aromatic heterocycles. The highest BCUT2D eigenvalue weighted by molar-refractivity contribution is 7.98. The van der Waals surface area contributed by atoms with E-state index in [1.807, 2.05) is 6.26 Å². The average molecular weight is 246 g/mol. The molecule has 1 aliphatic rings. The average Bonchev–Trinajstić information content (AvgIpc) is 2.80. The van der Waals surface area contributed by atoms with Crippen molar-refractivity contribution in [3.63, 3.8) is 0 Å². The zero-order chi connectivity index (χ0) is 12.0. The minimum Gasteiger partial charge on any atom is -0.467 e. The van der Waals surface area contributed by atoms with Gasteiger partial charge in [-0.15, -0.1) is 0 Å². The number of ether oxygens (including phenoxy) is 1. The third-order valence-electron chi connectivity index (χ3n) is 2.57. The van der Waals surface area contributed by atoms with E-state index in [2.05, 4.69) is 15.4 Å². The molecule has 0 aromatic rings. The fraction of sp³-hybridized carbons (Fsp3) is 0.800. The van der Waals surface area contributed by atoms with Gasteiger partial charge in [0.2, 0.25) is 5.91 Å². The highest BCUT2D eigenvalue weighted by atomic mass is 32.2. The summed E-state index contributed by atoms with van der Waals surface area (Å²) in [6.07, 6.45) is 2.72. The van der Waals surface area contributed by atoms with E-state index in [0.717, 1.165) is 13.0 Å². The molecule has 1 heterocycles. The van der Waals surface area contributed by atoms with E-state index in [0.29, 0.717) is 12.3 Å². The number of rotatable bonds is 5. The Labute approximate surface area is 99.7 Å². The second-order valence-electron chi connectivity index (χ2n) is 3.73. The van der Waals surface area contributed by atoms with Crippen LogP contribution in [0.1, 0.15) is 6.42 Å². The molecule has 0 saturated carbocycles. The van der Waals surface area contributed by atoms with Crippen LogP contribution in [0.15, 0.2) is 0 Å². The van der Waals surface area contributed by atoms with E-state index in [-0.39, 0.29) is 17.8 Å². The predicted molar refractivity (Wildman–Crippen MR) is 63.3 cm³/mol. The number of nitrogens with one attached hydrogen (secondary N) is 2. The highest BCUT2D eigenvalue weighted by Crippen LogP contribution is 2.08. The lowest BCUT2D eigenvalue weighted by molar-refractivity contribution is -0.144. The van der Waals surface area contributed by atoms with E-state index in [1.54, 1.807) is 0 Å². The molecule has 0 spiro atoms. The van der Waals surface area contributed by atoms with Gasteiger partial charge in [-0.3, -0.25) is 4.79 Å². The molecule has 5 nitrogen and oxygen atoms in total. The summed E-state index contributed by atoms with van der Waals surface area (Å²) >= 11 is 1.51. The monoisotopic (exact) mass is 246 g/mol. The van der Waals surface area contributed by atoms with Crippen molar-refractivity contribution in [3.05, 3.63) is 0 Å². The van der Waals surface area contributed by atoms with Crippen LogP contribution in [-0.4, -0.2) is 50.1 Å². The van der Waals surface area contributed by atoms with Gasteiger partial charge in [0, 0.05) is 12.3 Å². The molecular weight excluding hydrogens is 228 g/mol. The van der Waals surface area contributed by atoms with Crippen molar-refractivity contribution in [3.8, 4) is 0 Å². The molecule has 1 fully saturated rings. The smallest absolute Gasteiger partial charge is 0.329 e. The van der Waals surface area contributed by atoms with Crippen LogP contribution in [0.2, 0.25) is 0 Å². The summed E-state index contributed by atoms with van der Waals surface area (Å²) in [5.74, 6) is 0.0792. The molecule has 92 valence electrons. The maximum absolute atomic E-state index is 11.8. The Hall–Kier alpha value is -0.750. The lowest BCUT2D eigenvalue weighted by Gasteiger charge is -2.17. The van der Waals surface area contributed by atoms with Gasteiger partial charge in [0.15, 0.2) is 0 Å². The predicted octanol–water partition coefficient (Wildman–Crippen LogP) is -0.383. The number of hydrogen-bond acceptors (Lipinski definition) is 5. The molecule has 6 heteroatoms. The van der Waals surface area contributed by atoms with Gasteiger partial charge in [0.25, 0.3) is 0 Å². The van der Waals surface area contributed by atoms with Crippen LogP contribution in [0.3, 0.4) is 0 Å². The Morgan fingerprint density at radius 1 is 1.62 bits per heavy atom. The van der Waals surface area contributed by atoms with Crippen molar-refractivity contribution >= 4 is 23.6 Å². The lowest BCUT2D eigenvalue weighted by Crippen LogP contribution is -2.46. The molecule has 0 bridgehead atoms. The van der Waals surface area contributed by atoms with Crippen molar-refractivity contribution in [2.24, 2.45) is 5.92 Å². The molecule has 0 unspecified atom stereocenters. The minimum absolute atomic E-state index is 0.0194. The van der Waals surface area contributed by atoms with Crippen molar-refractivity contribution < 1.29 is 14.3 Å². The number of hydrogen-bond donors (Lipinski definition) is 2. The first-order valence-electron chi connectivity index (χ1n) is 5.27. The second kappa shape index (κ2) is 6.75. The standard InChI is InChI=1S/C10H18N2O3S/c1-15-10(14)8(6-16-2)12-9(13)7-3-4-11-5-7/h7-8,11H,3-6H2,1-2H3,(H,12,13)/t7-,8-/m0/s1.